The lowest BCUT2D eigenvalue weighted by Gasteiger charge is -2.38. The summed E-state index contributed by atoms with van der Waals surface area (Å²) in [5.74, 6) is 1.10. The van der Waals surface area contributed by atoms with Crippen molar-refractivity contribution in [3.8, 4) is 5.75 Å². The molecule has 2 heterocycles. The molecule has 27 heavy (non-hydrogen) atoms. The van der Waals surface area contributed by atoms with Crippen molar-refractivity contribution in [1.82, 2.24) is 15.5 Å². The smallest absolute Gasteiger partial charge is 0.260 e. The number of carbonyl (C=O) groups excluding carboxylic acids is 2. The summed E-state index contributed by atoms with van der Waals surface area (Å²) in [5.41, 5.74) is 0.606. The normalized spacial score (nSPS) is 22.4. The maximum Gasteiger partial charge on any atom is 0.260 e. The molecule has 0 bridgehead atoms. The van der Waals surface area contributed by atoms with E-state index in [0.717, 1.165) is 25.9 Å². The van der Waals surface area contributed by atoms with Crippen molar-refractivity contribution in [3.63, 3.8) is 0 Å². The average Bonchev–Trinajstić information content (AvgIpc) is 2.59. The summed E-state index contributed by atoms with van der Waals surface area (Å²) >= 11 is 0. The summed E-state index contributed by atoms with van der Waals surface area (Å²) in [5, 5.41) is 6.13. The van der Waals surface area contributed by atoms with Crippen LogP contribution < -0.4 is 15.4 Å². The zero-order valence-corrected chi connectivity index (χ0v) is 16.9. The van der Waals surface area contributed by atoms with Crippen LogP contribution in [0.1, 0.15) is 43.5 Å². The number of rotatable bonds is 6. The number of hydrogen-bond donors (Lipinski definition) is 2. The quantitative estimate of drug-likeness (QED) is 0.774. The van der Waals surface area contributed by atoms with Gasteiger partial charge in [0.1, 0.15) is 5.75 Å². The fourth-order valence-corrected chi connectivity index (χ4v) is 3.67. The van der Waals surface area contributed by atoms with Crippen LogP contribution in [-0.4, -0.2) is 55.0 Å². The van der Waals surface area contributed by atoms with Crippen molar-refractivity contribution in [1.29, 1.82) is 0 Å². The highest BCUT2D eigenvalue weighted by Crippen LogP contribution is 2.23. The van der Waals surface area contributed by atoms with Gasteiger partial charge in [-0.15, -0.1) is 12.4 Å². The van der Waals surface area contributed by atoms with Crippen molar-refractivity contribution in [2.75, 3.05) is 26.2 Å². The molecule has 2 saturated heterocycles. The van der Waals surface area contributed by atoms with E-state index in [1.165, 1.54) is 6.42 Å². The first-order chi connectivity index (χ1) is 12.5. The van der Waals surface area contributed by atoms with Crippen LogP contribution in [0.3, 0.4) is 0 Å². The number of amides is 2. The minimum Gasteiger partial charge on any atom is -0.484 e. The van der Waals surface area contributed by atoms with E-state index >= 15 is 0 Å². The van der Waals surface area contributed by atoms with Crippen LogP contribution in [0.4, 0.5) is 0 Å². The Bertz CT molecular complexity index is 624. The Balaban J connectivity index is 0.00000261. The van der Waals surface area contributed by atoms with Crippen LogP contribution >= 0.6 is 12.4 Å². The summed E-state index contributed by atoms with van der Waals surface area (Å²) in [7, 11) is 0. The predicted octanol–water partition coefficient (Wildman–Crippen LogP) is 2.23. The zero-order valence-electron chi connectivity index (χ0n) is 16.1. The molecule has 0 radical (unpaired) electrons. The van der Waals surface area contributed by atoms with E-state index < -0.39 is 0 Å². The van der Waals surface area contributed by atoms with Gasteiger partial charge >= 0.3 is 0 Å². The van der Waals surface area contributed by atoms with Gasteiger partial charge in [-0.3, -0.25) is 9.59 Å². The van der Waals surface area contributed by atoms with Gasteiger partial charge in [0.25, 0.3) is 11.8 Å². The Labute approximate surface area is 167 Å². The van der Waals surface area contributed by atoms with Gasteiger partial charge in [0.05, 0.1) is 0 Å². The van der Waals surface area contributed by atoms with Crippen molar-refractivity contribution in [2.45, 2.75) is 45.2 Å². The van der Waals surface area contributed by atoms with Gasteiger partial charge in [-0.05, 0) is 57.4 Å². The lowest BCUT2D eigenvalue weighted by Crippen LogP contribution is -2.49. The Morgan fingerprint density at radius 1 is 1.15 bits per heavy atom. The number of nitrogens with zero attached hydrogens (tertiary/aromatic N) is 1. The van der Waals surface area contributed by atoms with Crippen molar-refractivity contribution < 1.29 is 14.3 Å². The largest absolute Gasteiger partial charge is 0.484 e. The first kappa shape index (κ1) is 21.5. The summed E-state index contributed by atoms with van der Waals surface area (Å²) in [6.07, 6.45) is 3.28. The lowest BCUT2D eigenvalue weighted by atomic mass is 9.97. The van der Waals surface area contributed by atoms with Gasteiger partial charge in [0.2, 0.25) is 0 Å². The summed E-state index contributed by atoms with van der Waals surface area (Å²) in [6.45, 7) is 6.87. The minimum absolute atomic E-state index is 0. The standard InChI is InChI=1S/C20H29N3O3.ClH/c1-14-4-3-5-15(2)23(14)19(24)13-26-18-8-6-17(7-9-18)20(25)22-12-16-10-21-11-16;/h6-9,14-16,21H,3-5,10-13H2,1-2H3,(H,22,25);1H. The maximum atomic E-state index is 12.5. The topological polar surface area (TPSA) is 70.7 Å². The Morgan fingerprint density at radius 2 is 1.78 bits per heavy atom. The average molecular weight is 396 g/mol. The second kappa shape index (κ2) is 9.95. The molecule has 0 spiro atoms. The number of nitrogens with one attached hydrogen (secondary N) is 2. The molecule has 2 aliphatic rings. The van der Waals surface area contributed by atoms with Crippen molar-refractivity contribution >= 4 is 24.2 Å². The third-order valence-electron chi connectivity index (χ3n) is 5.38. The molecule has 2 amide bonds. The van der Waals surface area contributed by atoms with E-state index in [1.807, 2.05) is 4.90 Å². The lowest BCUT2D eigenvalue weighted by molar-refractivity contribution is -0.139. The second-order valence-corrected chi connectivity index (χ2v) is 7.48. The molecule has 2 atom stereocenters. The van der Waals surface area contributed by atoms with Gasteiger partial charge in [-0.1, -0.05) is 0 Å². The molecule has 2 fully saturated rings. The zero-order chi connectivity index (χ0) is 18.5. The van der Waals surface area contributed by atoms with Crippen LogP contribution in [-0.2, 0) is 4.79 Å². The number of benzene rings is 1. The highest BCUT2D eigenvalue weighted by molar-refractivity contribution is 5.94. The third-order valence-corrected chi connectivity index (χ3v) is 5.38. The highest BCUT2D eigenvalue weighted by atomic mass is 35.5. The number of likely N-dealkylation sites (tertiary alicyclic amines) is 1. The number of piperidine rings is 1. The van der Waals surface area contributed by atoms with Crippen LogP contribution in [0.25, 0.3) is 0 Å². The van der Waals surface area contributed by atoms with Gasteiger partial charge in [-0.25, -0.2) is 0 Å². The van der Waals surface area contributed by atoms with Gasteiger partial charge in [0.15, 0.2) is 6.61 Å². The number of hydrogen-bond acceptors (Lipinski definition) is 4. The summed E-state index contributed by atoms with van der Waals surface area (Å²) in [6, 6.07) is 7.51. The molecule has 1 aromatic carbocycles. The Kier molecular flexibility index (Phi) is 7.92. The van der Waals surface area contributed by atoms with Gasteiger partial charge in [0, 0.05) is 43.2 Å². The van der Waals surface area contributed by atoms with Gasteiger partial charge in [-0.2, -0.15) is 0 Å². The first-order valence-corrected chi connectivity index (χ1v) is 9.57. The van der Waals surface area contributed by atoms with Crippen LogP contribution in [0.15, 0.2) is 24.3 Å². The molecule has 7 heteroatoms. The molecule has 0 aliphatic carbocycles. The number of halogens is 1. The van der Waals surface area contributed by atoms with E-state index in [9.17, 15) is 9.59 Å². The fourth-order valence-electron chi connectivity index (χ4n) is 3.67. The van der Waals surface area contributed by atoms with E-state index in [0.29, 0.717) is 23.8 Å². The van der Waals surface area contributed by atoms with Crippen LogP contribution in [0, 0.1) is 5.92 Å². The molecule has 1 aromatic rings. The monoisotopic (exact) mass is 395 g/mol. The summed E-state index contributed by atoms with van der Waals surface area (Å²) in [4.78, 5) is 26.5. The van der Waals surface area contributed by atoms with Gasteiger partial charge < -0.3 is 20.3 Å². The van der Waals surface area contributed by atoms with E-state index in [1.54, 1.807) is 24.3 Å². The highest BCUT2D eigenvalue weighted by Gasteiger charge is 2.29. The Morgan fingerprint density at radius 3 is 2.33 bits per heavy atom. The SMILES string of the molecule is CC1CCCC(C)N1C(=O)COc1ccc(C(=O)NCC2CNC2)cc1.Cl. The molecule has 0 aromatic heterocycles. The van der Waals surface area contributed by atoms with E-state index in [-0.39, 0.29) is 42.9 Å². The molecule has 2 unspecified atom stereocenters. The van der Waals surface area contributed by atoms with E-state index in [2.05, 4.69) is 24.5 Å². The molecule has 2 aliphatic heterocycles. The van der Waals surface area contributed by atoms with Crippen molar-refractivity contribution in [2.24, 2.45) is 5.92 Å². The molecule has 0 saturated carbocycles. The fraction of sp³-hybridized carbons (Fsp3) is 0.600. The first-order valence-electron chi connectivity index (χ1n) is 9.57. The Hall–Kier alpha value is -1.79. The predicted molar refractivity (Wildman–Crippen MR) is 107 cm³/mol. The van der Waals surface area contributed by atoms with Crippen LogP contribution in [0.5, 0.6) is 5.75 Å². The number of ether oxygens (including phenoxy) is 1. The minimum atomic E-state index is -0.0736. The van der Waals surface area contributed by atoms with Crippen molar-refractivity contribution in [3.05, 3.63) is 29.8 Å². The molecule has 3 rings (SSSR count). The second-order valence-electron chi connectivity index (χ2n) is 7.48. The maximum absolute atomic E-state index is 12.5. The molecular formula is C20H30ClN3O3. The molecular weight excluding hydrogens is 366 g/mol. The number of carbonyl (C=O) groups is 2. The molecule has 2 N–H and O–H groups in total. The summed E-state index contributed by atoms with van der Waals surface area (Å²) < 4.78 is 5.65. The third kappa shape index (κ3) is 5.59. The van der Waals surface area contributed by atoms with Crippen LogP contribution in [0.2, 0.25) is 0 Å². The van der Waals surface area contributed by atoms with E-state index in [4.69, 9.17) is 4.74 Å². The molecule has 6 nitrogen and oxygen atoms in total. The molecule has 150 valence electrons.